The van der Waals surface area contributed by atoms with Gasteiger partial charge in [0.25, 0.3) is 5.91 Å². The van der Waals surface area contributed by atoms with Gasteiger partial charge in [0.2, 0.25) is 11.8 Å². The molecule has 0 saturated carbocycles. The van der Waals surface area contributed by atoms with Crippen LogP contribution in [0.5, 0.6) is 5.75 Å². The Labute approximate surface area is 294 Å². The molecule has 4 aliphatic rings. The lowest BCUT2D eigenvalue weighted by Crippen LogP contribution is -2.52. The molecule has 3 aliphatic heterocycles. The van der Waals surface area contributed by atoms with Crippen LogP contribution in [-0.2, 0) is 29.1 Å². The highest BCUT2D eigenvalue weighted by Crippen LogP contribution is 2.47. The molecule has 2 fully saturated rings. The molecule has 2 saturated heterocycles. The number of piperazine rings is 1. The molecular formula is C40H39BrN4O4. The van der Waals surface area contributed by atoms with Gasteiger partial charge in [-0.1, -0.05) is 70.5 Å². The maximum absolute atomic E-state index is 13.2. The molecule has 4 aromatic carbocycles. The van der Waals surface area contributed by atoms with Gasteiger partial charge >= 0.3 is 0 Å². The van der Waals surface area contributed by atoms with E-state index in [1.165, 1.54) is 27.9 Å². The number of aryl methyl sites for hydroxylation is 1. The zero-order valence-corrected chi connectivity index (χ0v) is 28.9. The normalized spacial score (nSPS) is 22.6. The fourth-order valence-corrected chi connectivity index (χ4v) is 8.81. The lowest BCUT2D eigenvalue weighted by atomic mass is 9.69. The van der Waals surface area contributed by atoms with Crippen LogP contribution in [0.15, 0.2) is 89.4 Å². The first-order valence-electron chi connectivity index (χ1n) is 17.2. The van der Waals surface area contributed by atoms with Crippen molar-refractivity contribution in [1.82, 2.24) is 15.1 Å². The maximum atomic E-state index is 13.2. The van der Waals surface area contributed by atoms with E-state index >= 15 is 0 Å². The zero-order chi connectivity index (χ0) is 33.6. The van der Waals surface area contributed by atoms with Crippen LogP contribution in [0.2, 0.25) is 0 Å². The summed E-state index contributed by atoms with van der Waals surface area (Å²) in [5.74, 6) is 0.123. The molecule has 1 aliphatic carbocycles. The number of amides is 3. The molecule has 8 nitrogen and oxygen atoms in total. The molecule has 1 unspecified atom stereocenters. The highest BCUT2D eigenvalue weighted by molar-refractivity contribution is 9.10. The van der Waals surface area contributed by atoms with Crippen molar-refractivity contribution in [3.63, 3.8) is 0 Å². The van der Waals surface area contributed by atoms with E-state index < -0.39 is 6.04 Å². The lowest BCUT2D eigenvalue weighted by Gasteiger charge is -2.37. The van der Waals surface area contributed by atoms with E-state index in [4.69, 9.17) is 0 Å². The van der Waals surface area contributed by atoms with Gasteiger partial charge in [-0.15, -0.1) is 0 Å². The molecule has 8 rings (SSSR count). The van der Waals surface area contributed by atoms with Crippen LogP contribution >= 0.6 is 15.9 Å². The summed E-state index contributed by atoms with van der Waals surface area (Å²) in [6.07, 6.45) is 2.61. The minimum absolute atomic E-state index is 0.154. The van der Waals surface area contributed by atoms with Crippen LogP contribution in [0.4, 0.5) is 5.69 Å². The number of fused-ring (bicyclic) bond motifs is 2. The van der Waals surface area contributed by atoms with Gasteiger partial charge in [0.15, 0.2) is 0 Å². The Morgan fingerprint density at radius 3 is 2.33 bits per heavy atom. The van der Waals surface area contributed by atoms with Crippen molar-refractivity contribution in [3.05, 3.63) is 128 Å². The van der Waals surface area contributed by atoms with Gasteiger partial charge in [-0.2, -0.15) is 0 Å². The van der Waals surface area contributed by atoms with Gasteiger partial charge < -0.3 is 14.9 Å². The standard InChI is InChI=1S/C40H39BrN4O4/c41-35-22-34-28(24-45(40(34)49)36-14-15-37(47)42-39(36)48)20-29(35)23-43-16-18-44(19-17-43)30-9-6-26(7-10-30)38-32(25-4-2-1-3-5-25)12-8-27-21-31(46)11-13-33(27)38/h1-7,9-11,13,20-22,32,36,38,46H,8,12,14-19,23-24H2,(H,42,47,48)/t32-,36?,38+/m1/s1. The average Bonchev–Trinajstić information content (AvgIpc) is 3.42. The Balaban J connectivity index is 0.933. The highest BCUT2D eigenvalue weighted by Gasteiger charge is 2.39. The first kappa shape index (κ1) is 31.8. The Bertz CT molecular complexity index is 1920. The molecule has 0 bridgehead atoms. The van der Waals surface area contributed by atoms with Crippen molar-refractivity contribution in [1.29, 1.82) is 0 Å². The van der Waals surface area contributed by atoms with Gasteiger partial charge in [0, 0.05) is 67.3 Å². The molecule has 0 spiro atoms. The van der Waals surface area contributed by atoms with E-state index in [0.29, 0.717) is 30.2 Å². The van der Waals surface area contributed by atoms with Crippen molar-refractivity contribution in [2.24, 2.45) is 0 Å². The average molecular weight is 720 g/mol. The number of hydrogen-bond acceptors (Lipinski definition) is 6. The van der Waals surface area contributed by atoms with E-state index in [2.05, 4.69) is 97.8 Å². The molecule has 4 aromatic rings. The fourth-order valence-electron chi connectivity index (χ4n) is 8.34. The third-order valence-electron chi connectivity index (χ3n) is 10.9. The first-order chi connectivity index (χ1) is 23.8. The van der Waals surface area contributed by atoms with Crippen LogP contribution in [0.25, 0.3) is 0 Å². The molecule has 2 N–H and O–H groups in total. The van der Waals surface area contributed by atoms with Crippen LogP contribution in [0.3, 0.4) is 0 Å². The quantitative estimate of drug-likeness (QED) is 0.234. The molecular weight excluding hydrogens is 680 g/mol. The molecule has 9 heteroatoms. The summed E-state index contributed by atoms with van der Waals surface area (Å²) in [6, 6.07) is 29.2. The number of carbonyl (C=O) groups excluding carboxylic acids is 3. The zero-order valence-electron chi connectivity index (χ0n) is 27.3. The van der Waals surface area contributed by atoms with E-state index in [1.807, 2.05) is 18.2 Å². The second-order valence-electron chi connectivity index (χ2n) is 13.8. The van der Waals surface area contributed by atoms with Crippen LogP contribution in [-0.4, -0.2) is 64.8 Å². The molecule has 250 valence electrons. The number of carbonyl (C=O) groups is 3. The van der Waals surface area contributed by atoms with E-state index in [-0.39, 0.29) is 30.1 Å². The number of halogens is 1. The minimum Gasteiger partial charge on any atom is -0.508 e. The Hall–Kier alpha value is -4.47. The Kier molecular flexibility index (Phi) is 8.49. The number of imide groups is 1. The topological polar surface area (TPSA) is 93.2 Å². The van der Waals surface area contributed by atoms with Crippen LogP contribution in [0, 0.1) is 0 Å². The number of nitrogens with zero attached hydrogens (tertiary/aromatic N) is 3. The second kappa shape index (κ2) is 13.1. The number of anilines is 1. The minimum atomic E-state index is -0.611. The largest absolute Gasteiger partial charge is 0.508 e. The summed E-state index contributed by atoms with van der Waals surface area (Å²) < 4.78 is 0.899. The van der Waals surface area contributed by atoms with Crippen molar-refractivity contribution in [3.8, 4) is 5.75 Å². The number of phenolic OH excluding ortho intramolecular Hbond substituents is 1. The van der Waals surface area contributed by atoms with Crippen LogP contribution in [0.1, 0.15) is 74.8 Å². The predicted octanol–water partition coefficient (Wildman–Crippen LogP) is 6.10. The summed E-state index contributed by atoms with van der Waals surface area (Å²) in [5.41, 5.74) is 9.13. The van der Waals surface area contributed by atoms with Crippen molar-refractivity contribution < 1.29 is 19.5 Å². The van der Waals surface area contributed by atoms with E-state index in [0.717, 1.165) is 61.2 Å². The number of phenols is 1. The molecule has 3 heterocycles. The number of rotatable bonds is 6. The lowest BCUT2D eigenvalue weighted by molar-refractivity contribution is -0.136. The fraction of sp³-hybridized carbons (Fsp3) is 0.325. The number of benzene rings is 4. The predicted molar refractivity (Wildman–Crippen MR) is 192 cm³/mol. The van der Waals surface area contributed by atoms with Gasteiger partial charge in [-0.05, 0) is 88.9 Å². The van der Waals surface area contributed by atoms with Gasteiger partial charge in [-0.25, -0.2) is 0 Å². The van der Waals surface area contributed by atoms with Gasteiger partial charge in [0.05, 0.1) is 0 Å². The summed E-state index contributed by atoms with van der Waals surface area (Å²) >= 11 is 3.72. The highest BCUT2D eigenvalue weighted by atomic mass is 79.9. The summed E-state index contributed by atoms with van der Waals surface area (Å²) in [5, 5.41) is 12.6. The third kappa shape index (κ3) is 6.15. The van der Waals surface area contributed by atoms with Crippen molar-refractivity contribution in [2.45, 2.75) is 56.7 Å². The molecule has 0 radical (unpaired) electrons. The SMILES string of the molecule is O=C1CCC(N2Cc3cc(CN4CCN(c5ccc([C@@H]6c7ccc(O)cc7CC[C@@H]6c6ccccc6)cc5)CC4)c(Br)cc3C2=O)C(=O)N1. The first-order valence-corrected chi connectivity index (χ1v) is 18.0. The monoisotopic (exact) mass is 718 g/mol. The number of piperidine rings is 1. The van der Waals surface area contributed by atoms with Gasteiger partial charge in [0.1, 0.15) is 11.8 Å². The van der Waals surface area contributed by atoms with Crippen molar-refractivity contribution >= 4 is 39.3 Å². The number of nitrogens with one attached hydrogen (secondary N) is 1. The maximum Gasteiger partial charge on any atom is 0.255 e. The Morgan fingerprint density at radius 2 is 1.57 bits per heavy atom. The van der Waals surface area contributed by atoms with Crippen LogP contribution < -0.4 is 10.2 Å². The second-order valence-corrected chi connectivity index (χ2v) is 14.6. The smallest absolute Gasteiger partial charge is 0.255 e. The summed E-state index contributed by atoms with van der Waals surface area (Å²) in [4.78, 5) is 43.8. The Morgan fingerprint density at radius 1 is 0.796 bits per heavy atom. The molecule has 3 atom stereocenters. The third-order valence-corrected chi connectivity index (χ3v) is 11.6. The molecule has 3 amide bonds. The molecule has 0 aromatic heterocycles. The van der Waals surface area contributed by atoms with Crippen molar-refractivity contribution in [2.75, 3.05) is 31.1 Å². The summed E-state index contributed by atoms with van der Waals surface area (Å²) in [6.45, 7) is 4.82. The molecule has 49 heavy (non-hydrogen) atoms. The van der Waals surface area contributed by atoms with E-state index in [9.17, 15) is 19.5 Å². The van der Waals surface area contributed by atoms with Gasteiger partial charge in [-0.3, -0.25) is 24.6 Å². The summed E-state index contributed by atoms with van der Waals surface area (Å²) in [7, 11) is 0. The number of hydrogen-bond donors (Lipinski definition) is 2. The van der Waals surface area contributed by atoms with E-state index in [1.54, 1.807) is 4.90 Å². The number of aromatic hydroxyl groups is 1.